The van der Waals surface area contributed by atoms with E-state index in [0.717, 1.165) is 12.1 Å². The molecular formula is C6H4F5LiOS. The van der Waals surface area contributed by atoms with E-state index in [1.165, 1.54) is 0 Å². The zero-order valence-corrected chi connectivity index (χ0v) is 7.83. The normalized spacial score (nSPS) is 16.4. The van der Waals surface area contributed by atoms with Gasteiger partial charge in [0, 0.05) is 0 Å². The first-order valence-electron chi connectivity index (χ1n) is 3.00. The van der Waals surface area contributed by atoms with Crippen molar-refractivity contribution >= 4 is 10.1 Å². The van der Waals surface area contributed by atoms with E-state index in [4.69, 9.17) is 0 Å². The summed E-state index contributed by atoms with van der Waals surface area (Å²) in [5.41, 5.74) is 0. The monoisotopic (exact) mass is 226 g/mol. The molecule has 1 aromatic carbocycles. The van der Waals surface area contributed by atoms with Crippen molar-refractivity contribution in [3.63, 3.8) is 0 Å². The second-order valence-electron chi connectivity index (χ2n) is 2.42. The molecule has 0 radical (unpaired) electrons. The van der Waals surface area contributed by atoms with Crippen molar-refractivity contribution in [1.82, 2.24) is 0 Å². The Labute approximate surface area is 88.7 Å². The Morgan fingerprint density at radius 3 is 1.71 bits per heavy atom. The Hall–Kier alpha value is -0.223. The third kappa shape index (κ3) is 3.17. The SMILES string of the molecule is [Li+].[O-]S(F)(F)(F)(F)c1ccccc1F. The summed E-state index contributed by atoms with van der Waals surface area (Å²) < 4.78 is 70.7. The van der Waals surface area contributed by atoms with Gasteiger partial charge in [-0.25, -0.2) is 4.39 Å². The molecule has 0 aliphatic carbocycles. The van der Waals surface area contributed by atoms with E-state index in [2.05, 4.69) is 0 Å². The van der Waals surface area contributed by atoms with Gasteiger partial charge in [0.2, 0.25) is 0 Å². The van der Waals surface area contributed by atoms with E-state index in [9.17, 15) is 24.5 Å². The molecule has 0 atom stereocenters. The van der Waals surface area contributed by atoms with Crippen molar-refractivity contribution in [2.24, 2.45) is 0 Å². The number of hydrogen-bond donors (Lipinski definition) is 0. The first-order chi connectivity index (χ1) is 5.50. The quantitative estimate of drug-likeness (QED) is 0.511. The van der Waals surface area contributed by atoms with Gasteiger partial charge in [-0.3, -0.25) is 0 Å². The molecule has 0 aliphatic rings. The zero-order valence-electron chi connectivity index (χ0n) is 7.02. The summed E-state index contributed by atoms with van der Waals surface area (Å²) in [5, 5.41) is 0. The van der Waals surface area contributed by atoms with E-state index < -0.39 is 20.8 Å². The molecule has 1 aromatic rings. The van der Waals surface area contributed by atoms with Crippen molar-refractivity contribution in [2.45, 2.75) is 4.90 Å². The van der Waals surface area contributed by atoms with Crippen LogP contribution in [0.1, 0.15) is 0 Å². The van der Waals surface area contributed by atoms with Crippen LogP contribution in [0.25, 0.3) is 0 Å². The number of hydrogen-bond acceptors (Lipinski definition) is 1. The third-order valence-electron chi connectivity index (χ3n) is 1.26. The van der Waals surface area contributed by atoms with Crippen LogP contribution in [-0.4, -0.2) is 4.55 Å². The number of rotatable bonds is 1. The Morgan fingerprint density at radius 1 is 1.00 bits per heavy atom. The molecule has 0 aromatic heterocycles. The molecule has 0 saturated carbocycles. The molecule has 0 N–H and O–H groups in total. The van der Waals surface area contributed by atoms with Crippen LogP contribution in [0.15, 0.2) is 29.2 Å². The predicted octanol–water partition coefficient (Wildman–Crippen LogP) is 0.733. The van der Waals surface area contributed by atoms with Crippen LogP contribution in [0, 0.1) is 5.82 Å². The van der Waals surface area contributed by atoms with Gasteiger partial charge < -0.3 is 4.55 Å². The summed E-state index contributed by atoms with van der Waals surface area (Å²) in [4.78, 5) is -2.36. The first-order valence-corrected chi connectivity index (χ1v) is 4.98. The van der Waals surface area contributed by atoms with Gasteiger partial charge in [-0.1, -0.05) is 12.1 Å². The van der Waals surface area contributed by atoms with Gasteiger partial charge in [0.15, 0.2) is 10.1 Å². The fourth-order valence-corrected chi connectivity index (χ4v) is 1.54. The molecular weight excluding hydrogens is 222 g/mol. The van der Waals surface area contributed by atoms with Crippen LogP contribution in [0.5, 0.6) is 0 Å². The fourth-order valence-electron chi connectivity index (χ4n) is 0.763. The van der Waals surface area contributed by atoms with Crippen molar-refractivity contribution < 1.29 is 43.3 Å². The van der Waals surface area contributed by atoms with E-state index in [-0.39, 0.29) is 24.9 Å². The van der Waals surface area contributed by atoms with Gasteiger partial charge in [0.25, 0.3) is 0 Å². The summed E-state index contributed by atoms with van der Waals surface area (Å²) in [7, 11) is -9.60. The van der Waals surface area contributed by atoms with Crippen molar-refractivity contribution in [3.8, 4) is 0 Å². The molecule has 1 rings (SSSR count). The van der Waals surface area contributed by atoms with Crippen LogP contribution in [0.2, 0.25) is 0 Å². The maximum atomic E-state index is 12.4. The Bertz CT molecular complexity index is 347. The second-order valence-corrected chi connectivity index (χ2v) is 4.85. The summed E-state index contributed by atoms with van der Waals surface area (Å²) >= 11 is 0. The summed E-state index contributed by atoms with van der Waals surface area (Å²) in [5.74, 6) is -1.89. The summed E-state index contributed by atoms with van der Waals surface area (Å²) in [6.07, 6.45) is 0. The minimum Gasteiger partial charge on any atom is -0.734 e. The van der Waals surface area contributed by atoms with E-state index in [1.54, 1.807) is 0 Å². The molecule has 0 amide bonds. The van der Waals surface area contributed by atoms with Gasteiger partial charge in [-0.05, 0) is 12.1 Å². The van der Waals surface area contributed by atoms with Crippen molar-refractivity contribution in [1.29, 1.82) is 0 Å². The molecule has 1 nitrogen and oxygen atoms in total. The minimum absolute atomic E-state index is 0. The van der Waals surface area contributed by atoms with Gasteiger partial charge >= 0.3 is 18.9 Å². The van der Waals surface area contributed by atoms with Crippen LogP contribution in [0.3, 0.4) is 0 Å². The maximum absolute atomic E-state index is 12.4. The van der Waals surface area contributed by atoms with Crippen LogP contribution < -0.4 is 18.9 Å². The Kier molecular flexibility index (Phi) is 2.84. The van der Waals surface area contributed by atoms with E-state index >= 15 is 0 Å². The molecule has 0 fully saturated rings. The molecule has 0 heterocycles. The maximum Gasteiger partial charge on any atom is 1.00 e. The molecule has 14 heavy (non-hydrogen) atoms. The third-order valence-corrected chi connectivity index (χ3v) is 2.43. The molecule has 0 bridgehead atoms. The average molecular weight is 226 g/mol. The van der Waals surface area contributed by atoms with Gasteiger partial charge in [0.1, 0.15) is 10.7 Å². The minimum atomic E-state index is -9.60. The molecule has 0 aliphatic heterocycles. The fraction of sp³-hybridized carbons (Fsp3) is 0. The van der Waals surface area contributed by atoms with Crippen molar-refractivity contribution in [2.75, 3.05) is 0 Å². The van der Waals surface area contributed by atoms with Crippen LogP contribution in [-0.2, 0) is 0 Å². The molecule has 8 heteroatoms. The van der Waals surface area contributed by atoms with Gasteiger partial charge in [-0.15, -0.1) is 15.5 Å². The first kappa shape index (κ1) is 13.8. The van der Waals surface area contributed by atoms with Crippen LogP contribution >= 0.6 is 10.1 Å². The summed E-state index contributed by atoms with van der Waals surface area (Å²) in [6, 6.07) is 2.15. The van der Waals surface area contributed by atoms with Crippen LogP contribution in [0.4, 0.5) is 19.9 Å². The second kappa shape index (κ2) is 2.89. The molecule has 0 unspecified atom stereocenters. The largest absolute Gasteiger partial charge is 1.00 e. The standard InChI is InChI=1S/C6H5F5OS.Li/c7-5-3-1-2-4-6(5)13(8,9,10,11)12;/h1-4,12H;/q;+1/p-1. The molecule has 0 spiro atoms. The Balaban J connectivity index is 0.00000169. The van der Waals surface area contributed by atoms with E-state index in [0.29, 0.717) is 6.07 Å². The smallest absolute Gasteiger partial charge is 0.734 e. The Morgan fingerprint density at radius 2 is 1.43 bits per heavy atom. The molecule has 76 valence electrons. The van der Waals surface area contributed by atoms with Gasteiger partial charge in [-0.2, -0.15) is 0 Å². The van der Waals surface area contributed by atoms with Crippen molar-refractivity contribution in [3.05, 3.63) is 30.1 Å². The number of benzene rings is 1. The topological polar surface area (TPSA) is 23.1 Å². The number of halogens is 5. The predicted molar refractivity (Wildman–Crippen MR) is 37.5 cm³/mol. The van der Waals surface area contributed by atoms with E-state index in [1.807, 2.05) is 0 Å². The average Bonchev–Trinajstić information content (AvgIpc) is 1.82. The molecule has 0 saturated heterocycles. The van der Waals surface area contributed by atoms with Gasteiger partial charge in [0.05, 0.1) is 0 Å². The zero-order chi connectivity index (χ0) is 10.4. The summed E-state index contributed by atoms with van der Waals surface area (Å²) in [6.45, 7) is 0.